The van der Waals surface area contributed by atoms with Gasteiger partial charge in [0, 0.05) is 58.9 Å². The molecule has 0 aliphatic carbocycles. The smallest absolute Gasteiger partial charge is 0.140 e. The number of fused-ring (bicyclic) bond motifs is 4. The molecule has 5 heteroatoms. The average molecular weight is 516 g/mol. The highest BCUT2D eigenvalue weighted by molar-refractivity contribution is 6.10. The number of imidazole rings is 1. The number of benzene rings is 4. The largest absolute Gasteiger partial charge is 0.327 e. The number of pyridine rings is 1. The first kappa shape index (κ1) is 22.6. The lowest BCUT2D eigenvalue weighted by atomic mass is 10.1. The monoisotopic (exact) mass is 515 g/mol. The molecule has 0 N–H and O–H groups in total. The van der Waals surface area contributed by atoms with E-state index in [0.717, 1.165) is 50.6 Å². The van der Waals surface area contributed by atoms with Crippen molar-refractivity contribution in [3.05, 3.63) is 134 Å². The second-order valence-corrected chi connectivity index (χ2v) is 10.1. The van der Waals surface area contributed by atoms with Gasteiger partial charge in [0.15, 0.2) is 0 Å². The van der Waals surface area contributed by atoms with Crippen LogP contribution in [0.25, 0.3) is 66.9 Å². The third-order valence-corrected chi connectivity index (χ3v) is 7.77. The van der Waals surface area contributed by atoms with Gasteiger partial charge in [-0.3, -0.25) is 4.98 Å². The molecule has 0 radical (unpaired) electrons. The number of hydrogen-bond donors (Lipinski definition) is 0. The van der Waals surface area contributed by atoms with Crippen molar-refractivity contribution in [3.63, 3.8) is 0 Å². The van der Waals surface area contributed by atoms with Crippen LogP contribution in [0.1, 0.15) is 0 Å². The maximum Gasteiger partial charge on any atom is 0.140 e. The van der Waals surface area contributed by atoms with E-state index >= 15 is 0 Å². The van der Waals surface area contributed by atoms with Gasteiger partial charge in [0.25, 0.3) is 0 Å². The van der Waals surface area contributed by atoms with Gasteiger partial charge in [0.1, 0.15) is 5.82 Å². The maximum atomic E-state index is 4.97. The van der Waals surface area contributed by atoms with E-state index in [9.17, 15) is 0 Å². The molecule has 8 aromatic rings. The molecule has 0 atom stereocenters. The van der Waals surface area contributed by atoms with E-state index in [1.54, 1.807) is 0 Å². The van der Waals surface area contributed by atoms with Gasteiger partial charge in [0.2, 0.25) is 0 Å². The Bertz CT molecular complexity index is 2180. The Balaban J connectivity index is 1.32. The number of aromatic nitrogens is 5. The molecule has 8 rings (SSSR count). The van der Waals surface area contributed by atoms with Gasteiger partial charge in [-0.1, -0.05) is 54.6 Å². The van der Waals surface area contributed by atoms with Gasteiger partial charge >= 0.3 is 0 Å². The molecule has 0 bridgehead atoms. The molecule has 0 saturated carbocycles. The second-order valence-electron chi connectivity index (χ2n) is 10.1. The summed E-state index contributed by atoms with van der Waals surface area (Å²) in [5.41, 5.74) is 9.74. The number of nitrogens with zero attached hydrogens (tertiary/aromatic N) is 5. The first-order chi connectivity index (χ1) is 19.7. The Morgan fingerprint density at radius 1 is 0.575 bits per heavy atom. The molecule has 0 unspecified atom stereocenters. The minimum Gasteiger partial charge on any atom is -0.327 e. The summed E-state index contributed by atoms with van der Waals surface area (Å²) in [6.07, 6.45) is 5.98. The summed E-state index contributed by atoms with van der Waals surface area (Å²) >= 11 is 0. The summed E-state index contributed by atoms with van der Waals surface area (Å²) in [5, 5.41) is 2.45. The van der Waals surface area contributed by atoms with E-state index in [2.05, 4.69) is 124 Å². The van der Waals surface area contributed by atoms with Crippen LogP contribution in [0.15, 0.2) is 134 Å². The fourth-order valence-corrected chi connectivity index (χ4v) is 5.84. The van der Waals surface area contributed by atoms with Crippen molar-refractivity contribution in [3.8, 4) is 34.0 Å². The predicted molar refractivity (Wildman–Crippen MR) is 163 cm³/mol. The van der Waals surface area contributed by atoms with Gasteiger partial charge in [-0.25, -0.2) is 4.98 Å². The topological polar surface area (TPSA) is 40.6 Å². The van der Waals surface area contributed by atoms with Crippen molar-refractivity contribution in [2.75, 3.05) is 0 Å². The number of para-hydroxylation sites is 3. The number of hydrogen-bond acceptors (Lipinski definition) is 2. The lowest BCUT2D eigenvalue weighted by Gasteiger charge is -2.11. The van der Waals surface area contributed by atoms with Gasteiger partial charge in [0.05, 0.1) is 27.8 Å². The second kappa shape index (κ2) is 8.82. The van der Waals surface area contributed by atoms with Crippen LogP contribution in [0.2, 0.25) is 0 Å². The van der Waals surface area contributed by atoms with Crippen LogP contribution in [0.3, 0.4) is 0 Å². The summed E-state index contributed by atoms with van der Waals surface area (Å²) in [5.74, 6) is 0.958. The van der Waals surface area contributed by atoms with E-state index in [-0.39, 0.29) is 0 Å². The van der Waals surface area contributed by atoms with E-state index in [4.69, 9.17) is 9.97 Å². The fraction of sp³-hybridized carbons (Fsp3) is 0.0286. The van der Waals surface area contributed by atoms with Crippen LogP contribution < -0.4 is 0 Å². The maximum absolute atomic E-state index is 4.97. The zero-order chi connectivity index (χ0) is 26.6. The van der Waals surface area contributed by atoms with Crippen molar-refractivity contribution < 1.29 is 0 Å². The quantitative estimate of drug-likeness (QED) is 0.237. The summed E-state index contributed by atoms with van der Waals surface area (Å²) < 4.78 is 6.63. The van der Waals surface area contributed by atoms with E-state index < -0.39 is 0 Å². The molecule has 4 aromatic carbocycles. The van der Waals surface area contributed by atoms with Crippen LogP contribution in [0, 0.1) is 0 Å². The van der Waals surface area contributed by atoms with Crippen LogP contribution in [-0.2, 0) is 7.05 Å². The Kier molecular flexibility index (Phi) is 4.97. The molecule has 0 saturated heterocycles. The zero-order valence-electron chi connectivity index (χ0n) is 21.9. The number of rotatable bonds is 4. The molecule has 40 heavy (non-hydrogen) atoms. The molecule has 0 fully saturated rings. The Labute approximate surface area is 231 Å². The first-order valence-electron chi connectivity index (χ1n) is 13.4. The van der Waals surface area contributed by atoms with E-state index in [1.165, 1.54) is 16.3 Å². The highest BCUT2D eigenvalue weighted by Gasteiger charge is 2.16. The summed E-state index contributed by atoms with van der Waals surface area (Å²) in [6.45, 7) is 0. The molecular weight excluding hydrogens is 490 g/mol. The summed E-state index contributed by atoms with van der Waals surface area (Å²) in [7, 11) is 2.09. The third kappa shape index (κ3) is 3.48. The molecule has 0 aliphatic rings. The molecule has 0 amide bonds. The van der Waals surface area contributed by atoms with Crippen molar-refractivity contribution in [2.24, 2.45) is 7.05 Å². The lowest BCUT2D eigenvalue weighted by molar-refractivity contribution is 0.959. The standard InChI is InChI=1S/C35H25N5/c1-38-33-14-5-3-12-30(33)37-35(38)25-15-16-29-28-11-2-4-13-32(28)40(34(29)22-25)27-10-8-9-24(21-27)31-23-26(17-18-36-31)39-19-6-7-20-39/h2-23H,1H3. The first-order valence-corrected chi connectivity index (χ1v) is 13.4. The normalized spacial score (nSPS) is 11.6. The van der Waals surface area contributed by atoms with Crippen LogP contribution >= 0.6 is 0 Å². The lowest BCUT2D eigenvalue weighted by Crippen LogP contribution is -1.97. The van der Waals surface area contributed by atoms with E-state index in [0.29, 0.717) is 0 Å². The fourth-order valence-electron chi connectivity index (χ4n) is 5.84. The van der Waals surface area contributed by atoms with Crippen LogP contribution in [0.4, 0.5) is 0 Å². The van der Waals surface area contributed by atoms with Crippen LogP contribution in [-0.4, -0.2) is 23.7 Å². The molecule has 190 valence electrons. The van der Waals surface area contributed by atoms with Gasteiger partial charge in [-0.2, -0.15) is 0 Å². The predicted octanol–water partition coefficient (Wildman–Crippen LogP) is 8.19. The Hall–Kier alpha value is -5.42. The van der Waals surface area contributed by atoms with Crippen LogP contribution in [0.5, 0.6) is 0 Å². The SMILES string of the molecule is Cn1c(-c2ccc3c4ccccc4n(-c4cccc(-c5cc(-n6cccc6)ccn5)c4)c3c2)nc2ccccc21. The van der Waals surface area contributed by atoms with Gasteiger partial charge in [-0.05, 0) is 60.7 Å². The van der Waals surface area contributed by atoms with Gasteiger partial charge in [-0.15, -0.1) is 0 Å². The van der Waals surface area contributed by atoms with Crippen molar-refractivity contribution in [1.82, 2.24) is 23.7 Å². The van der Waals surface area contributed by atoms with Crippen molar-refractivity contribution >= 4 is 32.8 Å². The minimum atomic E-state index is 0.939. The average Bonchev–Trinajstić information content (AvgIpc) is 3.74. The minimum absolute atomic E-state index is 0.939. The third-order valence-electron chi connectivity index (χ3n) is 7.77. The molecular formula is C35H25N5. The molecule has 0 aliphatic heterocycles. The highest BCUT2D eigenvalue weighted by Crippen LogP contribution is 2.36. The zero-order valence-corrected chi connectivity index (χ0v) is 21.9. The molecule has 4 heterocycles. The molecule has 5 nitrogen and oxygen atoms in total. The Morgan fingerprint density at radius 3 is 2.25 bits per heavy atom. The highest BCUT2D eigenvalue weighted by atomic mass is 15.1. The van der Waals surface area contributed by atoms with E-state index in [1.807, 2.05) is 30.5 Å². The molecule has 0 spiro atoms. The van der Waals surface area contributed by atoms with Gasteiger partial charge < -0.3 is 13.7 Å². The summed E-state index contributed by atoms with van der Waals surface area (Å²) in [6, 6.07) is 40.5. The summed E-state index contributed by atoms with van der Waals surface area (Å²) in [4.78, 5) is 9.69. The van der Waals surface area contributed by atoms with Crippen molar-refractivity contribution in [2.45, 2.75) is 0 Å². The number of aryl methyl sites for hydroxylation is 1. The Morgan fingerprint density at radius 2 is 1.38 bits per heavy atom. The van der Waals surface area contributed by atoms with Crippen molar-refractivity contribution in [1.29, 1.82) is 0 Å². The molecule has 4 aromatic heterocycles.